The van der Waals surface area contributed by atoms with Crippen molar-refractivity contribution in [3.63, 3.8) is 0 Å². The van der Waals surface area contributed by atoms with Gasteiger partial charge in [-0.3, -0.25) is 14.4 Å². The van der Waals surface area contributed by atoms with Crippen molar-refractivity contribution in [1.82, 2.24) is 0 Å². The Bertz CT molecular complexity index is 679. The minimum absolute atomic E-state index is 0.0644. The first-order valence-electron chi connectivity index (χ1n) is 20.0. The van der Waals surface area contributed by atoms with Crippen LogP contribution in [0.4, 0.5) is 0 Å². The highest BCUT2D eigenvalue weighted by atomic mass is 16.6. The summed E-state index contributed by atoms with van der Waals surface area (Å²) in [6.45, 7) is 6.55. The molecule has 1 unspecified atom stereocenters. The molecule has 6 nitrogen and oxygen atoms in total. The van der Waals surface area contributed by atoms with Gasteiger partial charge in [0.1, 0.15) is 13.2 Å². The zero-order valence-electron chi connectivity index (χ0n) is 30.9. The minimum atomic E-state index is -0.754. The van der Waals surface area contributed by atoms with E-state index >= 15 is 0 Å². The Hall–Kier alpha value is -1.59. The van der Waals surface area contributed by atoms with E-state index in [1.54, 1.807) is 0 Å². The monoisotopic (exact) mass is 653 g/mol. The van der Waals surface area contributed by atoms with E-state index in [2.05, 4.69) is 20.8 Å². The van der Waals surface area contributed by atoms with Crippen molar-refractivity contribution in [3.8, 4) is 0 Å². The van der Waals surface area contributed by atoms with E-state index < -0.39 is 6.10 Å². The van der Waals surface area contributed by atoms with Gasteiger partial charge in [0.2, 0.25) is 0 Å². The molecule has 0 aromatic rings. The average molecular weight is 653 g/mol. The number of hydrogen-bond donors (Lipinski definition) is 0. The number of carbonyl (C=O) groups excluding carboxylic acids is 3. The maximum atomic E-state index is 12.6. The lowest BCUT2D eigenvalue weighted by Gasteiger charge is -2.18. The van der Waals surface area contributed by atoms with E-state index in [0.29, 0.717) is 19.3 Å². The van der Waals surface area contributed by atoms with Gasteiger partial charge >= 0.3 is 17.9 Å². The number of carbonyl (C=O) groups is 3. The lowest BCUT2D eigenvalue weighted by molar-refractivity contribution is -0.167. The van der Waals surface area contributed by atoms with Crippen molar-refractivity contribution < 1.29 is 28.6 Å². The maximum Gasteiger partial charge on any atom is 0.306 e. The summed E-state index contributed by atoms with van der Waals surface area (Å²) < 4.78 is 16.5. The second-order valence-electron chi connectivity index (χ2n) is 13.6. The minimum Gasteiger partial charge on any atom is -0.462 e. The Balaban J connectivity index is 4.25. The number of esters is 3. The highest BCUT2D eigenvalue weighted by Crippen LogP contribution is 2.15. The Morgan fingerprint density at radius 2 is 0.587 bits per heavy atom. The topological polar surface area (TPSA) is 78.9 Å². The van der Waals surface area contributed by atoms with Crippen molar-refractivity contribution in [2.45, 2.75) is 226 Å². The second-order valence-corrected chi connectivity index (χ2v) is 13.6. The molecule has 272 valence electrons. The molecule has 0 spiro atoms. The third kappa shape index (κ3) is 33.8. The maximum absolute atomic E-state index is 12.6. The molecule has 0 bridgehead atoms. The van der Waals surface area contributed by atoms with Crippen molar-refractivity contribution in [3.05, 3.63) is 0 Å². The number of unbranched alkanes of at least 4 members (excludes halogenated alkanes) is 25. The standard InChI is InChI=1S/C40H76O6/c1-4-7-10-13-16-18-19-20-21-23-24-27-30-33-39(42)45-36-37(35-44-38(41)32-29-26-15-12-9-6-3)46-40(43)34-31-28-25-22-17-14-11-8-5-2/h37H,4-36H2,1-3H3. The highest BCUT2D eigenvalue weighted by molar-refractivity contribution is 5.71. The Morgan fingerprint density at radius 3 is 0.870 bits per heavy atom. The van der Waals surface area contributed by atoms with Gasteiger partial charge < -0.3 is 14.2 Å². The first-order chi connectivity index (χ1) is 22.5. The molecule has 0 radical (unpaired) electrons. The largest absolute Gasteiger partial charge is 0.462 e. The molecule has 0 amide bonds. The fraction of sp³-hybridized carbons (Fsp3) is 0.925. The first kappa shape index (κ1) is 44.4. The quantitative estimate of drug-likeness (QED) is 0.0381. The molecule has 0 fully saturated rings. The van der Waals surface area contributed by atoms with Gasteiger partial charge in [-0.25, -0.2) is 0 Å². The number of rotatable bonds is 36. The van der Waals surface area contributed by atoms with Crippen LogP contribution in [0.25, 0.3) is 0 Å². The third-order valence-electron chi connectivity index (χ3n) is 8.86. The van der Waals surface area contributed by atoms with Crippen LogP contribution in [0.15, 0.2) is 0 Å². The molecule has 0 rings (SSSR count). The smallest absolute Gasteiger partial charge is 0.306 e. The Morgan fingerprint density at radius 1 is 0.348 bits per heavy atom. The van der Waals surface area contributed by atoms with E-state index in [1.807, 2.05) is 0 Å². The lowest BCUT2D eigenvalue weighted by Crippen LogP contribution is -2.30. The zero-order valence-corrected chi connectivity index (χ0v) is 30.9. The van der Waals surface area contributed by atoms with E-state index in [1.165, 1.54) is 122 Å². The molecular formula is C40H76O6. The van der Waals surface area contributed by atoms with E-state index in [9.17, 15) is 14.4 Å². The van der Waals surface area contributed by atoms with E-state index in [0.717, 1.165) is 57.8 Å². The molecule has 0 saturated carbocycles. The molecule has 0 saturated heterocycles. The van der Waals surface area contributed by atoms with E-state index in [-0.39, 0.29) is 31.1 Å². The molecule has 0 aromatic heterocycles. The molecule has 0 aliphatic heterocycles. The fourth-order valence-corrected chi connectivity index (χ4v) is 5.79. The SMILES string of the molecule is CCCCCCCCCCCCCCCC(=O)OCC(COC(=O)CCCCCCCC)OC(=O)CCCCCCCCCCC. The predicted molar refractivity (Wildman–Crippen MR) is 192 cm³/mol. The van der Waals surface area contributed by atoms with Crippen LogP contribution in [-0.4, -0.2) is 37.2 Å². The molecule has 6 heteroatoms. The highest BCUT2D eigenvalue weighted by Gasteiger charge is 2.19. The predicted octanol–water partition coefficient (Wildman–Crippen LogP) is 12.1. The van der Waals surface area contributed by atoms with Gasteiger partial charge in [-0.15, -0.1) is 0 Å². The molecule has 0 aliphatic carbocycles. The third-order valence-corrected chi connectivity index (χ3v) is 8.86. The van der Waals surface area contributed by atoms with E-state index in [4.69, 9.17) is 14.2 Å². The van der Waals surface area contributed by atoms with Gasteiger partial charge in [-0.05, 0) is 19.3 Å². The average Bonchev–Trinajstić information content (AvgIpc) is 3.05. The van der Waals surface area contributed by atoms with Gasteiger partial charge in [-0.1, -0.05) is 181 Å². The van der Waals surface area contributed by atoms with Crippen LogP contribution in [0.1, 0.15) is 220 Å². The molecule has 1 atom stereocenters. The second kappa shape index (κ2) is 36.2. The molecule has 0 heterocycles. The molecular weight excluding hydrogens is 576 g/mol. The van der Waals surface area contributed by atoms with Crippen LogP contribution in [-0.2, 0) is 28.6 Å². The Kier molecular flexibility index (Phi) is 35.0. The van der Waals surface area contributed by atoms with Crippen molar-refractivity contribution in [1.29, 1.82) is 0 Å². The summed E-state index contributed by atoms with van der Waals surface area (Å²) in [5, 5.41) is 0. The molecule has 0 aliphatic rings. The lowest BCUT2D eigenvalue weighted by atomic mass is 10.0. The molecule has 0 N–H and O–H groups in total. The molecule has 0 aromatic carbocycles. The zero-order chi connectivity index (χ0) is 33.8. The number of ether oxygens (including phenoxy) is 3. The van der Waals surface area contributed by atoms with Gasteiger partial charge in [0.25, 0.3) is 0 Å². The summed E-state index contributed by atoms with van der Waals surface area (Å²) in [5.41, 5.74) is 0. The van der Waals surface area contributed by atoms with Crippen LogP contribution in [0.3, 0.4) is 0 Å². The van der Waals surface area contributed by atoms with Crippen molar-refractivity contribution in [2.24, 2.45) is 0 Å². The van der Waals surface area contributed by atoms with Crippen LogP contribution < -0.4 is 0 Å². The normalized spacial score (nSPS) is 11.8. The summed E-state index contributed by atoms with van der Waals surface area (Å²) in [6, 6.07) is 0. The summed E-state index contributed by atoms with van der Waals surface area (Å²) in [5.74, 6) is -0.872. The fourth-order valence-electron chi connectivity index (χ4n) is 5.79. The summed E-state index contributed by atoms with van der Waals surface area (Å²) in [6.07, 6.45) is 33.9. The first-order valence-corrected chi connectivity index (χ1v) is 20.0. The van der Waals surface area contributed by atoms with Crippen LogP contribution >= 0.6 is 0 Å². The van der Waals surface area contributed by atoms with Gasteiger partial charge in [0.05, 0.1) is 0 Å². The summed E-state index contributed by atoms with van der Waals surface area (Å²) in [7, 11) is 0. The Labute approximate surface area is 285 Å². The van der Waals surface area contributed by atoms with Crippen molar-refractivity contribution in [2.75, 3.05) is 13.2 Å². The van der Waals surface area contributed by atoms with Crippen LogP contribution in [0.5, 0.6) is 0 Å². The van der Waals surface area contributed by atoms with Gasteiger partial charge in [0, 0.05) is 19.3 Å². The van der Waals surface area contributed by atoms with Gasteiger partial charge in [0.15, 0.2) is 6.10 Å². The number of hydrogen-bond acceptors (Lipinski definition) is 6. The van der Waals surface area contributed by atoms with Crippen LogP contribution in [0.2, 0.25) is 0 Å². The van der Waals surface area contributed by atoms with Crippen molar-refractivity contribution >= 4 is 17.9 Å². The summed E-state index contributed by atoms with van der Waals surface area (Å²) >= 11 is 0. The van der Waals surface area contributed by atoms with Gasteiger partial charge in [-0.2, -0.15) is 0 Å². The molecule has 46 heavy (non-hydrogen) atoms. The summed E-state index contributed by atoms with van der Waals surface area (Å²) in [4.78, 5) is 37.3. The van der Waals surface area contributed by atoms with Crippen LogP contribution in [0, 0.1) is 0 Å².